The van der Waals surface area contributed by atoms with Crippen molar-refractivity contribution in [3.05, 3.63) is 115 Å². The van der Waals surface area contributed by atoms with Crippen molar-refractivity contribution in [2.24, 2.45) is 20.5 Å². The number of aromatic hydroxyl groups is 1. The number of rotatable bonds is 6. The molecule has 5 rings (SSSR count). The predicted molar refractivity (Wildman–Crippen MR) is 146 cm³/mol. The smallest absolute Gasteiger partial charge is 0.255 e. The summed E-state index contributed by atoms with van der Waals surface area (Å²) in [6.07, 6.45) is 0. The number of azo groups is 2. The van der Waals surface area contributed by atoms with Gasteiger partial charge in [0.15, 0.2) is 5.75 Å². The average Bonchev–Trinajstić information content (AvgIpc) is 2.93. The van der Waals surface area contributed by atoms with Gasteiger partial charge >= 0.3 is 0 Å². The molecule has 0 aliphatic rings. The Morgan fingerprint density at radius 3 is 1.97 bits per heavy atom. The number of nitrogens with zero attached hydrogens (tertiary/aromatic N) is 4. The standard InChI is InChI=1S/C29H22N6O2/c30-21-9-6-19(7-10-21)29(37)31-25-15-16-26-20(18-25)8-17-27(28(26)36)35-34-24-13-11-23(12-14-24)33-32-22-4-2-1-3-5-22/h1-18,36H,30H2,(H,31,37). The van der Waals surface area contributed by atoms with Crippen LogP contribution in [0.4, 0.5) is 34.1 Å². The largest absolute Gasteiger partial charge is 0.505 e. The van der Waals surface area contributed by atoms with Crippen LogP contribution in [0.3, 0.4) is 0 Å². The van der Waals surface area contributed by atoms with Crippen LogP contribution in [0, 0.1) is 0 Å². The molecule has 0 saturated heterocycles. The highest BCUT2D eigenvalue weighted by atomic mass is 16.3. The fourth-order valence-corrected chi connectivity index (χ4v) is 3.61. The average molecular weight is 487 g/mol. The van der Waals surface area contributed by atoms with Crippen molar-refractivity contribution >= 4 is 50.8 Å². The number of carbonyl (C=O) groups is 1. The van der Waals surface area contributed by atoms with Gasteiger partial charge in [-0.1, -0.05) is 24.3 Å². The first kappa shape index (κ1) is 23.4. The van der Waals surface area contributed by atoms with Crippen LogP contribution in [0.5, 0.6) is 5.75 Å². The minimum absolute atomic E-state index is 0.00550. The highest BCUT2D eigenvalue weighted by molar-refractivity contribution is 6.06. The van der Waals surface area contributed by atoms with Gasteiger partial charge in [0.05, 0.1) is 17.1 Å². The summed E-state index contributed by atoms with van der Waals surface area (Å²) in [4.78, 5) is 12.5. The van der Waals surface area contributed by atoms with Crippen molar-refractivity contribution in [2.45, 2.75) is 0 Å². The fourth-order valence-electron chi connectivity index (χ4n) is 3.61. The van der Waals surface area contributed by atoms with Crippen molar-refractivity contribution in [1.29, 1.82) is 0 Å². The second-order valence-corrected chi connectivity index (χ2v) is 8.20. The molecule has 0 aliphatic carbocycles. The first-order chi connectivity index (χ1) is 18.0. The van der Waals surface area contributed by atoms with Gasteiger partial charge in [-0.3, -0.25) is 4.79 Å². The zero-order valence-corrected chi connectivity index (χ0v) is 19.6. The van der Waals surface area contributed by atoms with Crippen LogP contribution >= 0.6 is 0 Å². The van der Waals surface area contributed by atoms with Crippen molar-refractivity contribution in [3.8, 4) is 5.75 Å². The number of benzene rings is 5. The summed E-state index contributed by atoms with van der Waals surface area (Å²) in [7, 11) is 0. The molecule has 0 unspecified atom stereocenters. The van der Waals surface area contributed by atoms with Crippen LogP contribution in [0.2, 0.25) is 0 Å². The van der Waals surface area contributed by atoms with Gasteiger partial charge in [-0.25, -0.2) is 0 Å². The summed E-state index contributed by atoms with van der Waals surface area (Å²) in [6.45, 7) is 0. The Balaban J connectivity index is 1.29. The van der Waals surface area contributed by atoms with Crippen molar-refractivity contribution in [3.63, 3.8) is 0 Å². The molecule has 0 heterocycles. The van der Waals surface area contributed by atoms with Crippen LogP contribution in [0.25, 0.3) is 10.8 Å². The van der Waals surface area contributed by atoms with Crippen LogP contribution in [0.1, 0.15) is 10.4 Å². The van der Waals surface area contributed by atoms with Crippen molar-refractivity contribution in [2.75, 3.05) is 11.1 Å². The topological polar surface area (TPSA) is 125 Å². The van der Waals surface area contributed by atoms with E-state index in [9.17, 15) is 9.90 Å². The highest BCUT2D eigenvalue weighted by Gasteiger charge is 2.10. The number of phenols is 1. The van der Waals surface area contributed by atoms with Gasteiger partial charge in [0.2, 0.25) is 0 Å². The molecule has 0 fully saturated rings. The number of hydrogen-bond donors (Lipinski definition) is 3. The number of nitrogens with two attached hydrogens (primary N) is 1. The van der Waals surface area contributed by atoms with E-state index in [0.717, 1.165) is 11.1 Å². The first-order valence-corrected chi connectivity index (χ1v) is 11.5. The van der Waals surface area contributed by atoms with Crippen molar-refractivity contribution in [1.82, 2.24) is 0 Å². The number of amides is 1. The van der Waals surface area contributed by atoms with Gasteiger partial charge in [0, 0.05) is 22.3 Å². The van der Waals surface area contributed by atoms with E-state index >= 15 is 0 Å². The SMILES string of the molecule is Nc1ccc(C(=O)Nc2ccc3c(O)c(N=Nc4ccc(N=Nc5ccccc5)cc4)ccc3c2)cc1. The molecule has 4 N–H and O–H groups in total. The third-order valence-electron chi connectivity index (χ3n) is 5.56. The third-order valence-corrected chi connectivity index (χ3v) is 5.56. The van der Waals surface area contributed by atoms with E-state index in [1.54, 1.807) is 72.8 Å². The monoisotopic (exact) mass is 486 g/mol. The van der Waals surface area contributed by atoms with Crippen molar-refractivity contribution < 1.29 is 9.90 Å². The number of nitrogen functional groups attached to an aromatic ring is 1. The molecule has 0 bridgehead atoms. The van der Waals surface area contributed by atoms with Gasteiger partial charge in [-0.15, -0.1) is 5.11 Å². The molecular formula is C29H22N6O2. The maximum absolute atomic E-state index is 12.5. The van der Waals surface area contributed by atoms with Crippen LogP contribution in [-0.2, 0) is 0 Å². The second kappa shape index (κ2) is 10.5. The number of phenolic OH excluding ortho intramolecular Hbond substituents is 1. The molecular weight excluding hydrogens is 464 g/mol. The number of anilines is 2. The zero-order valence-electron chi connectivity index (χ0n) is 19.6. The van der Waals surface area contributed by atoms with E-state index < -0.39 is 0 Å². The van der Waals surface area contributed by atoms with Gasteiger partial charge < -0.3 is 16.2 Å². The summed E-state index contributed by atoms with van der Waals surface area (Å²) in [5.41, 5.74) is 9.78. The summed E-state index contributed by atoms with van der Waals surface area (Å²) in [5.74, 6) is -0.243. The van der Waals surface area contributed by atoms with Gasteiger partial charge in [0.1, 0.15) is 5.69 Å². The maximum Gasteiger partial charge on any atom is 0.255 e. The number of fused-ring (bicyclic) bond motifs is 1. The van der Waals surface area contributed by atoms with E-state index in [2.05, 4.69) is 25.8 Å². The minimum Gasteiger partial charge on any atom is -0.505 e. The normalized spacial score (nSPS) is 11.4. The van der Waals surface area contributed by atoms with Crippen LogP contribution < -0.4 is 11.1 Å². The molecule has 0 atom stereocenters. The second-order valence-electron chi connectivity index (χ2n) is 8.20. The lowest BCUT2D eigenvalue weighted by molar-refractivity contribution is 0.102. The summed E-state index contributed by atoms with van der Waals surface area (Å²) < 4.78 is 0. The number of carbonyl (C=O) groups excluding carboxylic acids is 1. The van der Waals surface area contributed by atoms with Crippen LogP contribution in [0.15, 0.2) is 130 Å². The summed E-state index contributed by atoms with van der Waals surface area (Å²) in [5, 5.41) is 31.8. The molecule has 1 amide bonds. The summed E-state index contributed by atoms with van der Waals surface area (Å²) >= 11 is 0. The Bertz CT molecular complexity index is 1610. The molecule has 0 saturated carbocycles. The Kier molecular flexibility index (Phi) is 6.63. The lowest BCUT2D eigenvalue weighted by Gasteiger charge is -2.09. The quantitative estimate of drug-likeness (QED) is 0.165. The Hall–Kier alpha value is -5.37. The highest BCUT2D eigenvalue weighted by Crippen LogP contribution is 2.37. The molecule has 37 heavy (non-hydrogen) atoms. The molecule has 0 aromatic heterocycles. The fraction of sp³-hybridized carbons (Fsp3) is 0. The molecule has 0 aliphatic heterocycles. The van der Waals surface area contributed by atoms with E-state index in [-0.39, 0.29) is 11.7 Å². The zero-order chi connectivity index (χ0) is 25.6. The molecule has 8 nitrogen and oxygen atoms in total. The molecule has 0 spiro atoms. The van der Waals surface area contributed by atoms with E-state index in [1.165, 1.54) is 0 Å². The lowest BCUT2D eigenvalue weighted by atomic mass is 10.1. The van der Waals surface area contributed by atoms with E-state index in [4.69, 9.17) is 5.73 Å². The third kappa shape index (κ3) is 5.66. The van der Waals surface area contributed by atoms with Gasteiger partial charge in [-0.05, 0) is 90.3 Å². The number of nitrogens with one attached hydrogen (secondary N) is 1. The van der Waals surface area contributed by atoms with Crippen LogP contribution in [-0.4, -0.2) is 11.0 Å². The summed E-state index contributed by atoms with van der Waals surface area (Å²) in [6, 6.07) is 32.0. The minimum atomic E-state index is -0.249. The molecule has 0 radical (unpaired) electrons. The Morgan fingerprint density at radius 2 is 1.30 bits per heavy atom. The van der Waals surface area contributed by atoms with Gasteiger partial charge in [0.25, 0.3) is 5.91 Å². The maximum atomic E-state index is 12.5. The molecule has 180 valence electrons. The number of hydrogen-bond acceptors (Lipinski definition) is 7. The first-order valence-electron chi connectivity index (χ1n) is 11.5. The van der Waals surface area contributed by atoms with E-state index in [1.807, 2.05) is 36.4 Å². The molecule has 5 aromatic rings. The lowest BCUT2D eigenvalue weighted by Crippen LogP contribution is -2.11. The van der Waals surface area contributed by atoms with E-state index in [0.29, 0.717) is 39.4 Å². The predicted octanol–water partition coefficient (Wildman–Crippen LogP) is 8.21. The Morgan fingerprint density at radius 1 is 0.676 bits per heavy atom. The molecule has 5 aromatic carbocycles. The Labute approximate surface area is 212 Å². The molecule has 8 heteroatoms. The van der Waals surface area contributed by atoms with Gasteiger partial charge in [-0.2, -0.15) is 15.3 Å².